The highest BCUT2D eigenvalue weighted by molar-refractivity contribution is 7.17. The van der Waals surface area contributed by atoms with Crippen molar-refractivity contribution in [3.05, 3.63) is 75.7 Å². The van der Waals surface area contributed by atoms with Crippen molar-refractivity contribution in [2.75, 3.05) is 5.32 Å². The quantitative estimate of drug-likeness (QED) is 0.417. The summed E-state index contributed by atoms with van der Waals surface area (Å²) in [4.78, 5) is 39.6. The summed E-state index contributed by atoms with van der Waals surface area (Å²) >= 11 is 1.62. The van der Waals surface area contributed by atoms with Gasteiger partial charge in [-0.25, -0.2) is 9.97 Å². The van der Waals surface area contributed by atoms with Crippen LogP contribution in [0.4, 0.5) is 5.00 Å². The number of aromatic amines is 1. The number of anilines is 1. The highest BCUT2D eigenvalue weighted by atomic mass is 32.1. The zero-order valence-corrected chi connectivity index (χ0v) is 18.6. The first-order chi connectivity index (χ1) is 16.2. The monoisotopic (exact) mass is 455 g/mol. The maximum atomic E-state index is 13.0. The molecule has 3 heterocycles. The number of nitrogens with one attached hydrogen (secondary N) is 2. The topological polar surface area (TPSA) is 92.7 Å². The van der Waals surface area contributed by atoms with Gasteiger partial charge in [0.1, 0.15) is 17.4 Å². The summed E-state index contributed by atoms with van der Waals surface area (Å²) in [6.45, 7) is -0.0984. The number of nitrogens with zero attached hydrogens (tertiary/aromatic N) is 3. The minimum atomic E-state index is -0.259. The molecule has 164 valence electrons. The van der Waals surface area contributed by atoms with Crippen LogP contribution in [0.1, 0.15) is 23.3 Å². The van der Waals surface area contributed by atoms with E-state index in [4.69, 9.17) is 4.98 Å². The Hall–Kier alpha value is -3.78. The number of imidazole rings is 1. The molecule has 1 aliphatic carbocycles. The van der Waals surface area contributed by atoms with Crippen molar-refractivity contribution < 1.29 is 4.79 Å². The number of fused-ring (bicyclic) bond motifs is 3. The first-order valence-corrected chi connectivity index (χ1v) is 11.8. The molecule has 0 atom stereocenters. The maximum Gasteiger partial charge on any atom is 0.261 e. The lowest BCUT2D eigenvalue weighted by molar-refractivity contribution is -0.116. The normalized spacial score (nSPS) is 13.3. The van der Waals surface area contributed by atoms with Gasteiger partial charge in [-0.05, 0) is 55.5 Å². The van der Waals surface area contributed by atoms with Crippen molar-refractivity contribution >= 4 is 44.2 Å². The number of thiophene rings is 1. The van der Waals surface area contributed by atoms with E-state index in [1.807, 2.05) is 30.3 Å². The predicted octanol–water partition coefficient (Wildman–Crippen LogP) is 4.52. The fourth-order valence-corrected chi connectivity index (χ4v) is 5.82. The molecule has 0 saturated carbocycles. The molecule has 0 fully saturated rings. The molecule has 3 aromatic heterocycles. The summed E-state index contributed by atoms with van der Waals surface area (Å²) in [7, 11) is 0. The lowest BCUT2D eigenvalue weighted by atomic mass is 9.95. The first-order valence-electron chi connectivity index (χ1n) is 11.0. The summed E-state index contributed by atoms with van der Waals surface area (Å²) in [5.74, 6) is 0.514. The van der Waals surface area contributed by atoms with E-state index in [0.717, 1.165) is 53.1 Å². The fraction of sp³-hybridized carbons (Fsp3) is 0.200. The molecule has 5 aromatic rings. The van der Waals surface area contributed by atoms with Crippen molar-refractivity contribution in [1.82, 2.24) is 19.5 Å². The third kappa shape index (κ3) is 3.52. The van der Waals surface area contributed by atoms with Gasteiger partial charge >= 0.3 is 0 Å². The molecule has 2 aromatic carbocycles. The number of hydrogen-bond acceptors (Lipinski definition) is 5. The number of hydrogen-bond donors (Lipinski definition) is 2. The zero-order valence-electron chi connectivity index (χ0n) is 17.8. The highest BCUT2D eigenvalue weighted by Gasteiger charge is 2.25. The van der Waals surface area contributed by atoms with Crippen molar-refractivity contribution in [3.8, 4) is 11.4 Å². The number of amides is 1. The van der Waals surface area contributed by atoms with Gasteiger partial charge in [-0.1, -0.05) is 24.3 Å². The Morgan fingerprint density at radius 2 is 1.85 bits per heavy atom. The molecular formula is C25H21N5O2S. The molecule has 7 nitrogen and oxygen atoms in total. The third-order valence-corrected chi connectivity index (χ3v) is 7.30. The van der Waals surface area contributed by atoms with E-state index in [9.17, 15) is 9.59 Å². The van der Waals surface area contributed by atoms with Gasteiger partial charge in [0.2, 0.25) is 5.91 Å². The van der Waals surface area contributed by atoms with Crippen LogP contribution in [0.25, 0.3) is 33.3 Å². The summed E-state index contributed by atoms with van der Waals surface area (Å²) in [5.41, 5.74) is 4.51. The SMILES string of the molecule is O=C(Cn1cnc2ccccc2c1=O)Nc1sc2c(c1-c1nc3ccccc3[nH]1)CCCC2. The average Bonchev–Trinajstić information content (AvgIpc) is 3.41. The number of rotatable bonds is 4. The minimum absolute atomic E-state index is 0.0984. The number of carbonyl (C=O) groups is 1. The standard InChI is InChI=1S/C25H21N5O2S/c31-21(13-30-14-26-17-9-3-1-7-15(17)25(30)32)29-24-22(16-8-2-6-12-20(16)33-24)23-27-18-10-4-5-11-19(18)28-23/h1,3-5,7,9-11,14H,2,6,8,12-13H2,(H,27,28)(H,29,31). The molecule has 0 bridgehead atoms. The largest absolute Gasteiger partial charge is 0.338 e. The molecule has 8 heteroatoms. The number of para-hydroxylation sites is 3. The Morgan fingerprint density at radius 3 is 2.73 bits per heavy atom. The van der Waals surface area contributed by atoms with Crippen LogP contribution < -0.4 is 10.9 Å². The van der Waals surface area contributed by atoms with Crippen molar-refractivity contribution in [2.45, 2.75) is 32.2 Å². The lowest BCUT2D eigenvalue weighted by Crippen LogP contribution is -2.27. The van der Waals surface area contributed by atoms with Crippen molar-refractivity contribution in [2.24, 2.45) is 0 Å². The average molecular weight is 456 g/mol. The minimum Gasteiger partial charge on any atom is -0.338 e. The Balaban J connectivity index is 1.35. The van der Waals surface area contributed by atoms with Gasteiger partial charge in [-0.2, -0.15) is 0 Å². The number of aryl methyl sites for hydroxylation is 1. The van der Waals surface area contributed by atoms with Crippen LogP contribution in [-0.4, -0.2) is 25.4 Å². The molecular weight excluding hydrogens is 434 g/mol. The van der Waals surface area contributed by atoms with Crippen LogP contribution in [0.2, 0.25) is 0 Å². The van der Waals surface area contributed by atoms with E-state index in [1.165, 1.54) is 21.3 Å². The van der Waals surface area contributed by atoms with Crippen LogP contribution in [0.3, 0.4) is 0 Å². The zero-order chi connectivity index (χ0) is 22.4. The van der Waals surface area contributed by atoms with Gasteiger partial charge in [0.15, 0.2) is 0 Å². The molecule has 1 aliphatic rings. The van der Waals surface area contributed by atoms with Gasteiger partial charge in [0.05, 0.1) is 33.8 Å². The second-order valence-electron chi connectivity index (χ2n) is 8.26. The second-order valence-corrected chi connectivity index (χ2v) is 9.37. The van der Waals surface area contributed by atoms with Crippen LogP contribution in [0, 0.1) is 0 Å². The summed E-state index contributed by atoms with van der Waals surface area (Å²) in [6.07, 6.45) is 5.70. The van der Waals surface area contributed by atoms with Gasteiger partial charge < -0.3 is 10.3 Å². The van der Waals surface area contributed by atoms with Gasteiger partial charge in [0.25, 0.3) is 5.56 Å². The smallest absolute Gasteiger partial charge is 0.261 e. The molecule has 0 spiro atoms. The molecule has 1 amide bonds. The van der Waals surface area contributed by atoms with Crippen LogP contribution in [-0.2, 0) is 24.2 Å². The van der Waals surface area contributed by atoms with Crippen molar-refractivity contribution in [1.29, 1.82) is 0 Å². The number of H-pyrrole nitrogens is 1. The van der Waals surface area contributed by atoms with Crippen LogP contribution in [0.5, 0.6) is 0 Å². The summed E-state index contributed by atoms with van der Waals surface area (Å²) < 4.78 is 1.35. The Morgan fingerprint density at radius 1 is 1.06 bits per heavy atom. The summed E-state index contributed by atoms with van der Waals surface area (Å²) in [5, 5.41) is 4.35. The van der Waals surface area contributed by atoms with Crippen LogP contribution >= 0.6 is 11.3 Å². The fourth-order valence-electron chi connectivity index (χ4n) is 4.52. The first kappa shape index (κ1) is 19.9. The number of aromatic nitrogens is 4. The Labute approximate surface area is 193 Å². The van der Waals surface area contributed by atoms with Gasteiger partial charge in [0, 0.05) is 4.88 Å². The molecule has 2 N–H and O–H groups in total. The number of carbonyl (C=O) groups excluding carboxylic acids is 1. The van der Waals surface area contributed by atoms with E-state index < -0.39 is 0 Å². The van der Waals surface area contributed by atoms with E-state index in [1.54, 1.807) is 29.5 Å². The van der Waals surface area contributed by atoms with E-state index in [2.05, 4.69) is 15.3 Å². The second kappa shape index (κ2) is 7.97. The molecule has 6 rings (SSSR count). The summed E-state index contributed by atoms with van der Waals surface area (Å²) in [6, 6.07) is 15.1. The lowest BCUT2D eigenvalue weighted by Gasteiger charge is -2.12. The molecule has 0 saturated heterocycles. The maximum absolute atomic E-state index is 13.0. The van der Waals surface area contributed by atoms with Crippen molar-refractivity contribution in [3.63, 3.8) is 0 Å². The molecule has 0 radical (unpaired) electrons. The van der Waals surface area contributed by atoms with Gasteiger partial charge in [-0.15, -0.1) is 11.3 Å². The third-order valence-electron chi connectivity index (χ3n) is 6.10. The Bertz CT molecular complexity index is 1550. The van der Waals surface area contributed by atoms with E-state index in [0.29, 0.717) is 10.9 Å². The number of benzene rings is 2. The van der Waals surface area contributed by atoms with Crippen LogP contribution in [0.15, 0.2) is 59.7 Å². The molecule has 0 aliphatic heterocycles. The van der Waals surface area contributed by atoms with E-state index >= 15 is 0 Å². The predicted molar refractivity (Wildman–Crippen MR) is 131 cm³/mol. The molecule has 0 unspecified atom stereocenters. The highest BCUT2D eigenvalue weighted by Crippen LogP contribution is 2.43. The van der Waals surface area contributed by atoms with Gasteiger partial charge in [-0.3, -0.25) is 14.2 Å². The molecule has 33 heavy (non-hydrogen) atoms. The van der Waals surface area contributed by atoms with E-state index in [-0.39, 0.29) is 18.0 Å². The Kier molecular flexibility index (Phi) is 4.80.